The lowest BCUT2D eigenvalue weighted by Crippen LogP contribution is -2.10. The summed E-state index contributed by atoms with van der Waals surface area (Å²) in [6, 6.07) is 52.9. The molecule has 0 bridgehead atoms. The smallest absolute Gasteiger partial charge is 0.136 e. The van der Waals surface area contributed by atoms with Crippen molar-refractivity contribution in [2.75, 3.05) is 6.61 Å². The van der Waals surface area contributed by atoms with Crippen molar-refractivity contribution < 1.29 is 13.6 Å². The molecule has 0 aliphatic carbocycles. The number of aromatic nitrogens is 1. The van der Waals surface area contributed by atoms with Crippen LogP contribution in [0, 0.1) is 12.3 Å². The van der Waals surface area contributed by atoms with Gasteiger partial charge in [0.2, 0.25) is 0 Å². The maximum absolute atomic E-state index is 7.01. The van der Waals surface area contributed by atoms with Gasteiger partial charge in [0.1, 0.15) is 40.5 Å². The first kappa shape index (κ1) is 41.3. The Labute approximate surface area is 382 Å². The van der Waals surface area contributed by atoms with Crippen molar-refractivity contribution in [3.8, 4) is 5.75 Å². The van der Waals surface area contributed by atoms with E-state index in [2.05, 4.69) is 122 Å². The molecule has 0 fully saturated rings. The van der Waals surface area contributed by atoms with Crippen LogP contribution in [0.5, 0.6) is 5.75 Å². The van der Waals surface area contributed by atoms with E-state index in [-0.39, 0.29) is 5.84 Å². The van der Waals surface area contributed by atoms with Gasteiger partial charge < -0.3 is 23.9 Å². The number of aryl methyl sites for hydroxylation is 1. The van der Waals surface area contributed by atoms with Crippen LogP contribution >= 0.6 is 0 Å². The Morgan fingerprint density at radius 2 is 1.45 bits per heavy atom. The zero-order valence-corrected chi connectivity index (χ0v) is 36.5. The zero-order valence-electron chi connectivity index (χ0n) is 36.5. The van der Waals surface area contributed by atoms with Crippen LogP contribution < -0.4 is 10.5 Å². The van der Waals surface area contributed by atoms with Crippen LogP contribution in [0.2, 0.25) is 0 Å². The van der Waals surface area contributed by atoms with Gasteiger partial charge >= 0.3 is 0 Å². The van der Waals surface area contributed by atoms with Gasteiger partial charge in [-0.15, -0.1) is 0 Å². The normalized spacial score (nSPS) is 14.6. The first-order chi connectivity index (χ1) is 32.4. The molecule has 4 heterocycles. The largest absolute Gasteiger partial charge is 0.487 e. The summed E-state index contributed by atoms with van der Waals surface area (Å²) in [5, 5.41) is 12.5. The molecule has 7 nitrogen and oxygen atoms in total. The molecule has 0 amide bonds. The van der Waals surface area contributed by atoms with Gasteiger partial charge in [-0.1, -0.05) is 147 Å². The number of rotatable bonds is 8. The number of aliphatic imine (C=N–C) groups is 1. The maximum Gasteiger partial charge on any atom is 0.136 e. The van der Waals surface area contributed by atoms with Crippen LogP contribution in [-0.4, -0.2) is 23.2 Å². The molecule has 0 unspecified atom stereocenters. The van der Waals surface area contributed by atoms with Crippen LogP contribution in [0.4, 0.5) is 0 Å². The molecule has 3 N–H and O–H groups in total. The molecule has 1 aliphatic heterocycles. The van der Waals surface area contributed by atoms with Gasteiger partial charge in [0, 0.05) is 55.5 Å². The lowest BCUT2D eigenvalue weighted by molar-refractivity contribution is 0.363. The first-order valence-electron chi connectivity index (χ1n) is 21.8. The van der Waals surface area contributed by atoms with Gasteiger partial charge in [-0.25, -0.2) is 0 Å². The fraction of sp³-hybridized carbons (Fsp3) is 0.0508. The molecule has 7 heteroatoms. The number of amidine groups is 1. The number of para-hydroxylation sites is 3. The number of nitrogens with two attached hydrogens (primary N) is 1. The number of ether oxygens (including phenoxy) is 1. The van der Waals surface area contributed by atoms with Crippen LogP contribution in [0.25, 0.3) is 77.7 Å². The summed E-state index contributed by atoms with van der Waals surface area (Å²) < 4.78 is 21.5. The van der Waals surface area contributed by atoms with Gasteiger partial charge in [-0.2, -0.15) is 0 Å². The molecular formula is C59H46N4O3. The van der Waals surface area contributed by atoms with Gasteiger partial charge in [0.25, 0.3) is 0 Å². The minimum Gasteiger partial charge on any atom is -0.487 e. The summed E-state index contributed by atoms with van der Waals surface area (Å²) in [6.45, 7) is 11.6. The van der Waals surface area contributed by atoms with Crippen LogP contribution in [0.15, 0.2) is 209 Å². The van der Waals surface area contributed by atoms with E-state index >= 15 is 0 Å². The second kappa shape index (κ2) is 17.8. The summed E-state index contributed by atoms with van der Waals surface area (Å²) in [7, 11) is 0. The molecule has 0 spiro atoms. The average Bonchev–Trinajstić information content (AvgIpc) is 4.02. The fourth-order valence-electron chi connectivity index (χ4n) is 8.83. The minimum atomic E-state index is 0.121. The van der Waals surface area contributed by atoms with E-state index in [1.165, 1.54) is 10.9 Å². The second-order valence-corrected chi connectivity index (χ2v) is 16.2. The predicted molar refractivity (Wildman–Crippen MR) is 275 cm³/mol. The Hall–Kier alpha value is -8.68. The van der Waals surface area contributed by atoms with Crippen molar-refractivity contribution in [1.29, 1.82) is 5.41 Å². The molecule has 0 radical (unpaired) electrons. The van der Waals surface area contributed by atoms with E-state index in [1.807, 2.05) is 97.2 Å². The Morgan fingerprint density at radius 1 is 0.727 bits per heavy atom. The highest BCUT2D eigenvalue weighted by atomic mass is 16.5. The van der Waals surface area contributed by atoms with Crippen molar-refractivity contribution in [2.24, 2.45) is 10.7 Å². The van der Waals surface area contributed by atoms with E-state index < -0.39 is 0 Å². The number of allylic oxidation sites excluding steroid dienone is 6. The topological polar surface area (TPSA) is 103 Å². The first-order valence-corrected chi connectivity index (χ1v) is 21.8. The Bertz CT molecular complexity index is 3650. The van der Waals surface area contributed by atoms with Gasteiger partial charge in [0.15, 0.2) is 0 Å². The minimum absolute atomic E-state index is 0.121. The van der Waals surface area contributed by atoms with Crippen LogP contribution in [-0.2, 0) is 6.54 Å². The van der Waals surface area contributed by atoms with Crippen molar-refractivity contribution in [3.63, 3.8) is 0 Å². The van der Waals surface area contributed by atoms with Gasteiger partial charge in [-0.3, -0.25) is 10.4 Å². The summed E-state index contributed by atoms with van der Waals surface area (Å²) in [5.74, 6) is 0.904. The van der Waals surface area contributed by atoms with E-state index in [4.69, 9.17) is 29.7 Å². The third-order valence-electron chi connectivity index (χ3n) is 12.1. The van der Waals surface area contributed by atoms with Crippen molar-refractivity contribution in [3.05, 3.63) is 234 Å². The molecular weight excluding hydrogens is 813 g/mol. The van der Waals surface area contributed by atoms with E-state index in [0.717, 1.165) is 105 Å². The summed E-state index contributed by atoms with van der Waals surface area (Å²) in [6.07, 6.45) is 12.2. The third kappa shape index (κ3) is 7.84. The zero-order chi connectivity index (χ0) is 45.1. The van der Waals surface area contributed by atoms with Crippen molar-refractivity contribution >= 4 is 89.7 Å². The highest BCUT2D eigenvalue weighted by Gasteiger charge is 2.21. The molecule has 0 atom stereocenters. The number of hydrogen-bond donors (Lipinski definition) is 2. The molecule has 3 aromatic heterocycles. The van der Waals surface area contributed by atoms with Gasteiger partial charge in [0.05, 0.1) is 17.8 Å². The van der Waals surface area contributed by atoms with Crippen LogP contribution in [0.1, 0.15) is 39.1 Å². The maximum atomic E-state index is 7.01. The molecule has 1 aliphatic rings. The average molecular weight is 859 g/mol. The van der Waals surface area contributed by atoms with Crippen LogP contribution in [0.3, 0.4) is 0 Å². The number of benzene rings is 7. The number of nitrogens with one attached hydrogen (secondary N) is 1. The highest BCUT2D eigenvalue weighted by Crippen LogP contribution is 2.40. The Balaban J connectivity index is 0.000000511. The number of fused-ring (bicyclic) bond motifs is 8. The number of hydrogen-bond acceptors (Lipinski definition) is 5. The van der Waals surface area contributed by atoms with Gasteiger partial charge in [-0.05, 0) is 89.4 Å². The molecule has 66 heavy (non-hydrogen) atoms. The quantitative estimate of drug-likeness (QED) is 0.0902. The molecule has 0 saturated heterocycles. The molecule has 7 aromatic carbocycles. The SMILES string of the molecule is C=C/C=C\c1c(C)c2ccccc2n1/C1=C/C=C(/c2ccc3oc4cccc(C=NCc5ccc6c(c5)oc5ccccc56)c4c3c2)C(=C)c2ccccc2OC1.N=C(N)c1ccccc1. The lowest BCUT2D eigenvalue weighted by atomic mass is 9.91. The third-order valence-corrected chi connectivity index (χ3v) is 12.1. The monoisotopic (exact) mass is 858 g/mol. The number of nitrogen functional groups attached to an aromatic ring is 1. The second-order valence-electron chi connectivity index (χ2n) is 16.2. The van der Waals surface area contributed by atoms with E-state index in [1.54, 1.807) is 0 Å². The summed E-state index contributed by atoms with van der Waals surface area (Å²) in [5.41, 5.74) is 19.7. The lowest BCUT2D eigenvalue weighted by Gasteiger charge is -2.16. The standard InChI is InChI=1S/C52H38N2O3.C7H8N2/c1-4-5-17-45-34(3)40-14-6-9-18-46(40)54(45)38-24-26-39(33(2)41-15-7-10-19-47(41)55-32-38)36-23-27-49-44(29-36)52-37(13-12-21-50(52)56-49)31-53-30-35-22-25-43-42-16-8-11-20-48(42)57-51(43)28-35;8-7(9)6-4-2-1-3-5-6/h4-29,31H,1-2,30,32H2,3H3;1-5H,(H3,8,9)/b17-5-,38-24+,39-26+,53-31?;. The number of furan rings is 2. The summed E-state index contributed by atoms with van der Waals surface area (Å²) >= 11 is 0. The summed E-state index contributed by atoms with van der Waals surface area (Å²) in [4.78, 5) is 4.91. The Kier molecular flexibility index (Phi) is 11.2. The Morgan fingerprint density at radius 3 is 2.29 bits per heavy atom. The number of nitrogens with zero attached hydrogens (tertiary/aromatic N) is 2. The highest BCUT2D eigenvalue weighted by molar-refractivity contribution is 6.15. The predicted octanol–water partition coefficient (Wildman–Crippen LogP) is 14.6. The van der Waals surface area contributed by atoms with E-state index in [9.17, 15) is 0 Å². The molecule has 11 rings (SSSR count). The molecule has 0 saturated carbocycles. The van der Waals surface area contributed by atoms with Crippen molar-refractivity contribution in [2.45, 2.75) is 13.5 Å². The molecule has 10 aromatic rings. The van der Waals surface area contributed by atoms with E-state index in [0.29, 0.717) is 13.2 Å². The fourth-order valence-corrected chi connectivity index (χ4v) is 8.83. The van der Waals surface area contributed by atoms with Crippen molar-refractivity contribution in [1.82, 2.24) is 4.57 Å². The molecule has 320 valence electrons.